The summed E-state index contributed by atoms with van der Waals surface area (Å²) in [5.41, 5.74) is 8.44. The van der Waals surface area contributed by atoms with Crippen molar-refractivity contribution in [3.05, 3.63) is 61.6 Å². The summed E-state index contributed by atoms with van der Waals surface area (Å²) >= 11 is 10.1. The summed E-state index contributed by atoms with van der Waals surface area (Å²) in [6.07, 6.45) is 0.732. The maximum absolute atomic E-state index is 6.32. The fourth-order valence-electron chi connectivity index (χ4n) is 2.10. The first-order chi connectivity index (χ1) is 9.63. The molecule has 102 valence electrons. The number of rotatable bonds is 3. The third-order valence-electron chi connectivity index (χ3n) is 3.09. The standard InChI is InChI=1S/C15H12ClIN2S/c16-9-5-6-11(17)10(7-9)12(18)8-15-19-13-3-1-2-4-14(13)20-15/h1-7,12H,8,18H2. The number of para-hydroxylation sites is 1. The van der Waals surface area contributed by atoms with Crippen LogP contribution in [0.25, 0.3) is 10.2 Å². The monoisotopic (exact) mass is 414 g/mol. The van der Waals surface area contributed by atoms with Gasteiger partial charge in [-0.3, -0.25) is 0 Å². The van der Waals surface area contributed by atoms with E-state index < -0.39 is 0 Å². The number of halogens is 2. The van der Waals surface area contributed by atoms with Crippen LogP contribution in [0.1, 0.15) is 16.6 Å². The van der Waals surface area contributed by atoms with Crippen LogP contribution in [0.5, 0.6) is 0 Å². The van der Waals surface area contributed by atoms with Crippen LogP contribution < -0.4 is 5.73 Å². The Labute approximate surface area is 140 Å². The molecule has 0 aliphatic rings. The van der Waals surface area contributed by atoms with Gasteiger partial charge in [-0.25, -0.2) is 4.98 Å². The first-order valence-corrected chi connectivity index (χ1v) is 8.46. The SMILES string of the molecule is NC(Cc1nc2ccccc2s1)c1cc(Cl)ccc1I. The molecule has 1 aromatic heterocycles. The average Bonchev–Trinajstić information content (AvgIpc) is 2.83. The summed E-state index contributed by atoms with van der Waals surface area (Å²) < 4.78 is 2.34. The highest BCUT2D eigenvalue weighted by atomic mass is 127. The summed E-state index contributed by atoms with van der Waals surface area (Å²) in [6, 6.07) is 13.9. The van der Waals surface area contributed by atoms with E-state index >= 15 is 0 Å². The van der Waals surface area contributed by atoms with Gasteiger partial charge in [0.25, 0.3) is 0 Å². The summed E-state index contributed by atoms with van der Waals surface area (Å²) in [7, 11) is 0. The Morgan fingerprint density at radius 2 is 2.05 bits per heavy atom. The van der Waals surface area contributed by atoms with Gasteiger partial charge in [0.15, 0.2) is 0 Å². The summed E-state index contributed by atoms with van der Waals surface area (Å²) in [4.78, 5) is 4.63. The molecule has 5 heteroatoms. The summed E-state index contributed by atoms with van der Waals surface area (Å²) in [6.45, 7) is 0. The van der Waals surface area contributed by atoms with Gasteiger partial charge < -0.3 is 5.73 Å². The largest absolute Gasteiger partial charge is 0.324 e. The first kappa shape index (κ1) is 14.3. The molecule has 2 nitrogen and oxygen atoms in total. The van der Waals surface area contributed by atoms with Gasteiger partial charge in [0.2, 0.25) is 0 Å². The van der Waals surface area contributed by atoms with Crippen LogP contribution >= 0.6 is 45.5 Å². The zero-order valence-electron chi connectivity index (χ0n) is 10.5. The molecule has 0 fully saturated rings. The highest BCUT2D eigenvalue weighted by Gasteiger charge is 2.14. The molecule has 0 radical (unpaired) electrons. The Hall–Kier alpha value is -0.690. The van der Waals surface area contributed by atoms with Gasteiger partial charge in [-0.05, 0) is 58.5 Å². The highest BCUT2D eigenvalue weighted by Crippen LogP contribution is 2.28. The Morgan fingerprint density at radius 3 is 2.85 bits per heavy atom. The molecular formula is C15H12ClIN2S. The fourth-order valence-corrected chi connectivity index (χ4v) is 4.05. The van der Waals surface area contributed by atoms with Crippen molar-refractivity contribution in [1.29, 1.82) is 0 Å². The van der Waals surface area contributed by atoms with Gasteiger partial charge in [0.05, 0.1) is 15.2 Å². The van der Waals surface area contributed by atoms with Gasteiger partial charge in [-0.15, -0.1) is 11.3 Å². The molecule has 20 heavy (non-hydrogen) atoms. The normalized spacial score (nSPS) is 12.8. The summed E-state index contributed by atoms with van der Waals surface area (Å²) in [5.74, 6) is 0. The molecule has 1 unspecified atom stereocenters. The quantitative estimate of drug-likeness (QED) is 0.625. The number of hydrogen-bond acceptors (Lipinski definition) is 3. The molecule has 0 saturated carbocycles. The van der Waals surface area contributed by atoms with Crippen molar-refractivity contribution in [2.75, 3.05) is 0 Å². The second-order valence-electron chi connectivity index (χ2n) is 4.55. The van der Waals surface area contributed by atoms with E-state index in [1.165, 1.54) is 4.70 Å². The number of benzene rings is 2. The Kier molecular flexibility index (Phi) is 4.26. The topological polar surface area (TPSA) is 38.9 Å². The highest BCUT2D eigenvalue weighted by molar-refractivity contribution is 14.1. The molecule has 0 aliphatic heterocycles. The van der Waals surface area contributed by atoms with Crippen LogP contribution in [0.15, 0.2) is 42.5 Å². The molecular weight excluding hydrogens is 403 g/mol. The zero-order valence-corrected chi connectivity index (χ0v) is 14.2. The number of fused-ring (bicyclic) bond motifs is 1. The number of aromatic nitrogens is 1. The number of nitrogens with two attached hydrogens (primary N) is 1. The molecule has 1 heterocycles. The third kappa shape index (κ3) is 2.98. The van der Waals surface area contributed by atoms with E-state index in [2.05, 4.69) is 33.6 Å². The van der Waals surface area contributed by atoms with Crippen molar-refractivity contribution < 1.29 is 0 Å². The van der Waals surface area contributed by atoms with E-state index in [0.717, 1.165) is 31.1 Å². The van der Waals surface area contributed by atoms with Crippen LogP contribution in [0, 0.1) is 3.57 Å². The van der Waals surface area contributed by atoms with E-state index in [1.54, 1.807) is 11.3 Å². The third-order valence-corrected chi connectivity index (χ3v) is 5.37. The Morgan fingerprint density at radius 1 is 1.25 bits per heavy atom. The Bertz CT molecular complexity index is 723. The molecule has 1 atom stereocenters. The molecule has 0 bridgehead atoms. The van der Waals surface area contributed by atoms with Crippen LogP contribution in [0.3, 0.4) is 0 Å². The molecule has 0 aliphatic carbocycles. The minimum atomic E-state index is -0.0823. The second kappa shape index (κ2) is 5.97. The lowest BCUT2D eigenvalue weighted by Gasteiger charge is -2.12. The maximum Gasteiger partial charge on any atom is 0.0957 e. The molecule has 3 aromatic rings. The van der Waals surface area contributed by atoms with Crippen molar-refractivity contribution in [1.82, 2.24) is 4.98 Å². The van der Waals surface area contributed by atoms with Crippen molar-refractivity contribution in [2.45, 2.75) is 12.5 Å². The lowest BCUT2D eigenvalue weighted by atomic mass is 10.1. The van der Waals surface area contributed by atoms with Gasteiger partial charge in [-0.1, -0.05) is 23.7 Å². The van der Waals surface area contributed by atoms with Gasteiger partial charge >= 0.3 is 0 Å². The van der Waals surface area contributed by atoms with E-state index in [4.69, 9.17) is 17.3 Å². The van der Waals surface area contributed by atoms with Crippen LogP contribution in [0.2, 0.25) is 5.02 Å². The minimum absolute atomic E-state index is 0.0823. The second-order valence-corrected chi connectivity index (χ2v) is 7.27. The number of hydrogen-bond donors (Lipinski definition) is 1. The van der Waals surface area contributed by atoms with Crippen LogP contribution in [-0.2, 0) is 6.42 Å². The molecule has 0 spiro atoms. The fraction of sp³-hybridized carbons (Fsp3) is 0.133. The van der Waals surface area contributed by atoms with Crippen molar-refractivity contribution in [3.63, 3.8) is 0 Å². The van der Waals surface area contributed by atoms with E-state index in [9.17, 15) is 0 Å². The smallest absolute Gasteiger partial charge is 0.0957 e. The van der Waals surface area contributed by atoms with Crippen molar-refractivity contribution in [2.24, 2.45) is 5.73 Å². The van der Waals surface area contributed by atoms with E-state index in [1.807, 2.05) is 36.4 Å². The number of thiazole rings is 1. The Balaban J connectivity index is 1.88. The lowest BCUT2D eigenvalue weighted by Crippen LogP contribution is -2.14. The van der Waals surface area contributed by atoms with E-state index in [-0.39, 0.29) is 6.04 Å². The van der Waals surface area contributed by atoms with Crippen molar-refractivity contribution >= 4 is 55.7 Å². The van der Waals surface area contributed by atoms with Gasteiger partial charge in [0, 0.05) is 21.1 Å². The predicted octanol–water partition coefficient (Wildman–Crippen LogP) is 4.80. The molecule has 2 N–H and O–H groups in total. The van der Waals surface area contributed by atoms with Crippen LogP contribution in [0.4, 0.5) is 0 Å². The molecule has 2 aromatic carbocycles. The maximum atomic E-state index is 6.32. The van der Waals surface area contributed by atoms with E-state index in [0.29, 0.717) is 0 Å². The predicted molar refractivity (Wildman–Crippen MR) is 94.4 cm³/mol. The molecule has 0 amide bonds. The number of nitrogens with zero attached hydrogens (tertiary/aromatic N) is 1. The summed E-state index contributed by atoms with van der Waals surface area (Å²) in [5, 5.41) is 1.79. The molecule has 3 rings (SSSR count). The first-order valence-electron chi connectivity index (χ1n) is 6.18. The average molecular weight is 415 g/mol. The van der Waals surface area contributed by atoms with Gasteiger partial charge in [0.1, 0.15) is 0 Å². The minimum Gasteiger partial charge on any atom is -0.324 e. The van der Waals surface area contributed by atoms with Gasteiger partial charge in [-0.2, -0.15) is 0 Å². The van der Waals surface area contributed by atoms with Crippen molar-refractivity contribution in [3.8, 4) is 0 Å². The van der Waals surface area contributed by atoms with Crippen LogP contribution in [-0.4, -0.2) is 4.98 Å². The molecule has 0 saturated heterocycles. The lowest BCUT2D eigenvalue weighted by molar-refractivity contribution is 0.715. The zero-order chi connectivity index (χ0) is 14.1.